The third-order valence-corrected chi connectivity index (χ3v) is 5.85. The molecule has 1 aliphatic rings. The zero-order valence-corrected chi connectivity index (χ0v) is 15.7. The van der Waals surface area contributed by atoms with Crippen LogP contribution < -0.4 is 5.32 Å². The van der Waals surface area contributed by atoms with Crippen LogP contribution in [0.1, 0.15) is 18.7 Å². The molecule has 1 N–H and O–H groups in total. The largest absolute Gasteiger partial charge is 0.339 e. The maximum Gasteiger partial charge on any atom is 0.325 e. The van der Waals surface area contributed by atoms with Crippen molar-refractivity contribution < 1.29 is 14.4 Å². The van der Waals surface area contributed by atoms with Crippen LogP contribution in [0.25, 0.3) is 10.1 Å². The number of hydrogen-bond acceptors (Lipinski definition) is 4. The van der Waals surface area contributed by atoms with Gasteiger partial charge in [-0.1, -0.05) is 29.8 Å². The van der Waals surface area contributed by atoms with Crippen LogP contribution in [0, 0.1) is 0 Å². The number of carbonyl (C=O) groups is 3. The van der Waals surface area contributed by atoms with E-state index in [4.69, 9.17) is 11.6 Å². The summed E-state index contributed by atoms with van der Waals surface area (Å²) in [5, 5.41) is 4.16. The van der Waals surface area contributed by atoms with Crippen molar-refractivity contribution in [1.82, 2.24) is 15.1 Å². The number of amides is 4. The Balaban J connectivity index is 1.71. The number of rotatable bonds is 4. The van der Waals surface area contributed by atoms with Crippen molar-refractivity contribution in [2.45, 2.75) is 25.9 Å². The van der Waals surface area contributed by atoms with E-state index in [1.807, 2.05) is 24.3 Å². The summed E-state index contributed by atoms with van der Waals surface area (Å²) >= 11 is 7.93. The molecule has 6 nitrogen and oxygen atoms in total. The predicted octanol–water partition coefficient (Wildman–Crippen LogP) is 2.84. The smallest absolute Gasteiger partial charge is 0.325 e. The van der Waals surface area contributed by atoms with E-state index < -0.39 is 17.5 Å². The number of nitrogens with zero attached hydrogens (tertiary/aromatic N) is 2. The van der Waals surface area contributed by atoms with E-state index in [9.17, 15) is 14.4 Å². The summed E-state index contributed by atoms with van der Waals surface area (Å²) in [6.07, 6.45) is 0. The van der Waals surface area contributed by atoms with Crippen molar-refractivity contribution in [2.24, 2.45) is 0 Å². The normalized spacial score (nSPS) is 16.4. The molecule has 1 aliphatic heterocycles. The van der Waals surface area contributed by atoms with Gasteiger partial charge in [0.05, 0.1) is 11.6 Å². The molecule has 1 fully saturated rings. The van der Waals surface area contributed by atoms with Crippen LogP contribution in [0.3, 0.4) is 0 Å². The molecule has 0 unspecified atom stereocenters. The van der Waals surface area contributed by atoms with Gasteiger partial charge in [-0.25, -0.2) is 4.79 Å². The highest BCUT2D eigenvalue weighted by Gasteiger charge is 2.45. The number of hydrogen-bond donors (Lipinski definition) is 1. The molecule has 4 amide bonds. The minimum Gasteiger partial charge on any atom is -0.339 e. The highest BCUT2D eigenvalue weighted by atomic mass is 35.5. The lowest BCUT2D eigenvalue weighted by Gasteiger charge is -2.20. The van der Waals surface area contributed by atoms with Gasteiger partial charge in [-0.3, -0.25) is 14.5 Å². The van der Waals surface area contributed by atoms with E-state index >= 15 is 0 Å². The summed E-state index contributed by atoms with van der Waals surface area (Å²) in [4.78, 5) is 39.8. The molecule has 132 valence electrons. The van der Waals surface area contributed by atoms with Crippen LogP contribution in [-0.4, -0.2) is 46.8 Å². The number of benzene rings is 1. The Labute approximate surface area is 154 Å². The summed E-state index contributed by atoms with van der Waals surface area (Å²) in [7, 11) is 1.63. The molecule has 25 heavy (non-hydrogen) atoms. The summed E-state index contributed by atoms with van der Waals surface area (Å²) in [5.74, 6) is -0.728. The standard InChI is InChI=1S/C17H18ClN3O3S/c1-17(2)15(23)21(16(24)19-17)9-13(22)20(3)8-12-14(18)10-6-4-5-7-11(10)25-12/h4-7H,8-9H2,1-3H3,(H,19,24). The molecule has 0 radical (unpaired) electrons. The molecule has 8 heteroatoms. The number of fused-ring (bicyclic) bond motifs is 1. The number of imide groups is 1. The third-order valence-electron chi connectivity index (χ3n) is 4.15. The Morgan fingerprint density at radius 1 is 1.32 bits per heavy atom. The molecule has 0 spiro atoms. The Hall–Kier alpha value is -2.12. The number of thiophene rings is 1. The maximum atomic E-state index is 12.4. The SMILES string of the molecule is CN(Cc1sc2ccccc2c1Cl)C(=O)CN1C(=O)NC(C)(C)C1=O. The van der Waals surface area contributed by atoms with Crippen molar-refractivity contribution in [3.63, 3.8) is 0 Å². The summed E-state index contributed by atoms with van der Waals surface area (Å²) in [6, 6.07) is 7.23. The topological polar surface area (TPSA) is 69.7 Å². The van der Waals surface area contributed by atoms with E-state index in [2.05, 4.69) is 5.32 Å². The van der Waals surface area contributed by atoms with Crippen LogP contribution in [0.15, 0.2) is 24.3 Å². The lowest BCUT2D eigenvalue weighted by molar-refractivity contribution is -0.138. The summed E-state index contributed by atoms with van der Waals surface area (Å²) in [6.45, 7) is 3.26. The first-order chi connectivity index (χ1) is 11.7. The first-order valence-electron chi connectivity index (χ1n) is 7.74. The Morgan fingerprint density at radius 3 is 2.60 bits per heavy atom. The molecule has 3 rings (SSSR count). The van der Waals surface area contributed by atoms with Crippen LogP contribution in [0.5, 0.6) is 0 Å². The van der Waals surface area contributed by atoms with Gasteiger partial charge in [-0.2, -0.15) is 0 Å². The van der Waals surface area contributed by atoms with E-state index in [1.54, 1.807) is 20.9 Å². The minimum absolute atomic E-state index is 0.285. The fourth-order valence-electron chi connectivity index (χ4n) is 2.69. The lowest BCUT2D eigenvalue weighted by atomic mass is 10.1. The number of carbonyl (C=O) groups excluding carboxylic acids is 3. The first-order valence-corrected chi connectivity index (χ1v) is 8.94. The number of likely N-dealkylation sites (N-methyl/N-ethyl adjacent to an activating group) is 1. The van der Waals surface area contributed by atoms with Crippen molar-refractivity contribution in [3.05, 3.63) is 34.2 Å². The van der Waals surface area contributed by atoms with Gasteiger partial charge in [0, 0.05) is 22.0 Å². The molecule has 0 aliphatic carbocycles. The van der Waals surface area contributed by atoms with Gasteiger partial charge in [0.15, 0.2) is 0 Å². The summed E-state index contributed by atoms with van der Waals surface area (Å²) in [5.41, 5.74) is -0.981. The Kier molecular flexibility index (Phi) is 4.47. The van der Waals surface area contributed by atoms with Crippen molar-refractivity contribution in [3.8, 4) is 0 Å². The van der Waals surface area contributed by atoms with E-state index in [0.717, 1.165) is 19.9 Å². The monoisotopic (exact) mass is 379 g/mol. The van der Waals surface area contributed by atoms with Crippen LogP contribution in [0.4, 0.5) is 4.79 Å². The lowest BCUT2D eigenvalue weighted by Crippen LogP contribution is -2.43. The van der Waals surface area contributed by atoms with Crippen LogP contribution >= 0.6 is 22.9 Å². The van der Waals surface area contributed by atoms with Gasteiger partial charge in [-0.05, 0) is 19.9 Å². The molecule has 0 bridgehead atoms. The Morgan fingerprint density at radius 2 is 2.00 bits per heavy atom. The van der Waals surface area contributed by atoms with Crippen LogP contribution in [0.2, 0.25) is 5.02 Å². The molecule has 1 aromatic heterocycles. The average Bonchev–Trinajstić information content (AvgIpc) is 2.96. The second-order valence-corrected chi connectivity index (χ2v) is 8.05. The van der Waals surface area contributed by atoms with Crippen molar-refractivity contribution in [2.75, 3.05) is 13.6 Å². The first kappa shape index (κ1) is 17.7. The molecular weight excluding hydrogens is 362 g/mol. The molecule has 0 atom stereocenters. The highest BCUT2D eigenvalue weighted by Crippen LogP contribution is 2.35. The Bertz CT molecular complexity index is 877. The minimum atomic E-state index is -0.981. The van der Waals surface area contributed by atoms with E-state index in [0.29, 0.717) is 11.6 Å². The molecule has 1 saturated heterocycles. The summed E-state index contributed by atoms with van der Waals surface area (Å²) < 4.78 is 1.05. The van der Waals surface area contributed by atoms with Gasteiger partial charge in [0.25, 0.3) is 5.91 Å². The number of urea groups is 1. The maximum absolute atomic E-state index is 12.4. The van der Waals surface area contributed by atoms with Gasteiger partial charge in [0.2, 0.25) is 5.91 Å². The third kappa shape index (κ3) is 3.21. The molecule has 1 aromatic carbocycles. The quantitative estimate of drug-likeness (QED) is 0.830. The van der Waals surface area contributed by atoms with Gasteiger partial charge in [-0.15, -0.1) is 11.3 Å². The van der Waals surface area contributed by atoms with E-state index in [-0.39, 0.29) is 12.5 Å². The second-order valence-electron chi connectivity index (χ2n) is 6.53. The molecule has 0 saturated carbocycles. The highest BCUT2D eigenvalue weighted by molar-refractivity contribution is 7.19. The fourth-order valence-corrected chi connectivity index (χ4v) is 4.23. The zero-order chi connectivity index (χ0) is 18.4. The molecular formula is C17H18ClN3O3S. The van der Waals surface area contributed by atoms with Crippen LogP contribution in [-0.2, 0) is 16.1 Å². The second kappa shape index (κ2) is 6.31. The number of halogens is 1. The number of nitrogens with one attached hydrogen (secondary N) is 1. The van der Waals surface area contributed by atoms with Gasteiger partial charge < -0.3 is 10.2 Å². The van der Waals surface area contributed by atoms with Crippen molar-refractivity contribution >= 4 is 50.9 Å². The zero-order valence-electron chi connectivity index (χ0n) is 14.1. The van der Waals surface area contributed by atoms with E-state index in [1.165, 1.54) is 16.2 Å². The molecule has 2 heterocycles. The fraction of sp³-hybridized carbons (Fsp3) is 0.353. The van der Waals surface area contributed by atoms with Crippen molar-refractivity contribution in [1.29, 1.82) is 0 Å². The predicted molar refractivity (Wildman–Crippen MR) is 97.6 cm³/mol. The van der Waals surface area contributed by atoms with Gasteiger partial charge in [0.1, 0.15) is 12.1 Å². The average molecular weight is 380 g/mol. The molecule has 2 aromatic rings. The van der Waals surface area contributed by atoms with Gasteiger partial charge >= 0.3 is 6.03 Å².